The lowest BCUT2D eigenvalue weighted by Crippen LogP contribution is -2.47. The zero-order valence-electron chi connectivity index (χ0n) is 9.21. The normalized spacial score (nSPS) is 32.5. The second-order valence-electron chi connectivity index (χ2n) is 4.75. The van der Waals surface area contributed by atoms with Crippen molar-refractivity contribution in [2.45, 2.75) is 32.0 Å². The second kappa shape index (κ2) is 3.33. The number of hydrogen-bond acceptors (Lipinski definition) is 3. The highest BCUT2D eigenvalue weighted by atomic mass is 15.3. The molecule has 0 aromatic carbocycles. The van der Waals surface area contributed by atoms with Gasteiger partial charge < -0.3 is 11.1 Å². The van der Waals surface area contributed by atoms with E-state index in [0.29, 0.717) is 17.6 Å². The summed E-state index contributed by atoms with van der Waals surface area (Å²) in [7, 11) is 2.01. The van der Waals surface area contributed by atoms with Gasteiger partial charge in [0.2, 0.25) is 0 Å². The van der Waals surface area contributed by atoms with Gasteiger partial charge in [-0.3, -0.25) is 4.90 Å². The summed E-state index contributed by atoms with van der Waals surface area (Å²) in [4.78, 5) is 2.45. The fourth-order valence-electron chi connectivity index (χ4n) is 2.55. The van der Waals surface area contributed by atoms with E-state index in [1.807, 2.05) is 7.05 Å². The first-order valence-electron chi connectivity index (χ1n) is 5.47. The Morgan fingerprint density at radius 1 is 1.71 bits per heavy atom. The first kappa shape index (κ1) is 10.1. The van der Waals surface area contributed by atoms with Gasteiger partial charge in [0.1, 0.15) is 0 Å². The van der Waals surface area contributed by atoms with Crippen molar-refractivity contribution in [3.8, 4) is 0 Å². The summed E-state index contributed by atoms with van der Waals surface area (Å²) in [6, 6.07) is 0.448. The third-order valence-corrected chi connectivity index (χ3v) is 3.86. The summed E-state index contributed by atoms with van der Waals surface area (Å²) in [6.07, 6.45) is 2.98. The fraction of sp³-hybridized carbons (Fsp3) is 0.818. The maximum Gasteiger partial charge on any atom is 0.0823 e. The van der Waals surface area contributed by atoms with Crippen LogP contribution in [0.2, 0.25) is 0 Å². The van der Waals surface area contributed by atoms with Crippen LogP contribution in [-0.2, 0) is 0 Å². The molecule has 3 heteroatoms. The van der Waals surface area contributed by atoms with Gasteiger partial charge in [0, 0.05) is 24.5 Å². The number of likely N-dealkylation sites (N-methyl/N-ethyl adjacent to an activating group) is 1. The average molecular weight is 195 g/mol. The third kappa shape index (κ3) is 1.31. The first-order valence-corrected chi connectivity index (χ1v) is 5.47. The molecule has 2 atom stereocenters. The number of likely N-dealkylation sites (tertiary alicyclic amines) is 1. The maximum atomic E-state index is 5.72. The van der Waals surface area contributed by atoms with Crippen molar-refractivity contribution >= 4 is 0 Å². The minimum atomic E-state index is 0.344. The summed E-state index contributed by atoms with van der Waals surface area (Å²) in [5.74, 6) is 0. The number of nitrogens with two attached hydrogens (primary N) is 1. The highest BCUT2D eigenvalue weighted by Gasteiger charge is 2.55. The summed E-state index contributed by atoms with van der Waals surface area (Å²) >= 11 is 0. The van der Waals surface area contributed by atoms with Gasteiger partial charge in [0.15, 0.2) is 0 Å². The van der Waals surface area contributed by atoms with Gasteiger partial charge in [0.25, 0.3) is 0 Å². The number of nitrogens with zero attached hydrogens (tertiary/aromatic N) is 1. The lowest BCUT2D eigenvalue weighted by molar-refractivity contribution is 0.181. The standard InChI is InChI=1S/C11H21N3/c1-8(6-12)14-7-11(4-5-11)9(2)10(14)13-3/h8,10,13H,2,4-7,12H2,1,3H3. The smallest absolute Gasteiger partial charge is 0.0823 e. The zero-order chi connectivity index (χ0) is 10.3. The van der Waals surface area contributed by atoms with E-state index in [1.54, 1.807) is 0 Å². The van der Waals surface area contributed by atoms with E-state index in [4.69, 9.17) is 5.73 Å². The highest BCUT2D eigenvalue weighted by molar-refractivity contribution is 5.30. The van der Waals surface area contributed by atoms with Crippen LogP contribution >= 0.6 is 0 Å². The number of hydrogen-bond donors (Lipinski definition) is 2. The topological polar surface area (TPSA) is 41.3 Å². The molecule has 3 N–H and O–H groups in total. The molecule has 0 radical (unpaired) electrons. The van der Waals surface area contributed by atoms with E-state index in [9.17, 15) is 0 Å². The first-order chi connectivity index (χ1) is 6.64. The molecule has 1 aliphatic carbocycles. The van der Waals surface area contributed by atoms with E-state index < -0.39 is 0 Å². The predicted molar refractivity (Wildman–Crippen MR) is 58.9 cm³/mol. The quantitative estimate of drug-likeness (QED) is 0.646. The Hall–Kier alpha value is -0.380. The molecular weight excluding hydrogens is 174 g/mol. The molecule has 1 aliphatic heterocycles. The molecular formula is C11H21N3. The maximum absolute atomic E-state index is 5.72. The van der Waals surface area contributed by atoms with Crippen LogP contribution in [0.5, 0.6) is 0 Å². The van der Waals surface area contributed by atoms with Crippen LogP contribution < -0.4 is 11.1 Å². The Morgan fingerprint density at radius 3 is 2.79 bits per heavy atom. The Kier molecular flexibility index (Phi) is 2.41. The lowest BCUT2D eigenvalue weighted by Gasteiger charge is -2.29. The van der Waals surface area contributed by atoms with E-state index >= 15 is 0 Å². The van der Waals surface area contributed by atoms with E-state index in [1.165, 1.54) is 18.4 Å². The predicted octanol–water partition coefficient (Wildman–Crippen LogP) is 0.531. The molecule has 0 bridgehead atoms. The lowest BCUT2D eigenvalue weighted by atomic mass is 10.0. The second-order valence-corrected chi connectivity index (χ2v) is 4.75. The van der Waals surface area contributed by atoms with Gasteiger partial charge in [-0.2, -0.15) is 0 Å². The Labute approximate surface area is 86.3 Å². The van der Waals surface area contributed by atoms with E-state index in [-0.39, 0.29) is 0 Å². The Balaban J connectivity index is 2.14. The van der Waals surface area contributed by atoms with Crippen molar-refractivity contribution in [2.24, 2.45) is 11.1 Å². The van der Waals surface area contributed by atoms with Crippen LogP contribution in [0.25, 0.3) is 0 Å². The molecule has 1 heterocycles. The SMILES string of the molecule is C=C1C(NC)N(C(C)CN)CC12CC2. The van der Waals surface area contributed by atoms with Crippen LogP contribution in [-0.4, -0.2) is 37.2 Å². The summed E-state index contributed by atoms with van der Waals surface area (Å²) < 4.78 is 0. The monoisotopic (exact) mass is 195 g/mol. The zero-order valence-corrected chi connectivity index (χ0v) is 9.21. The number of nitrogens with one attached hydrogen (secondary N) is 1. The highest BCUT2D eigenvalue weighted by Crippen LogP contribution is 2.57. The van der Waals surface area contributed by atoms with Crippen LogP contribution in [0, 0.1) is 5.41 Å². The van der Waals surface area contributed by atoms with Crippen molar-refractivity contribution in [1.82, 2.24) is 10.2 Å². The molecule has 2 aliphatic rings. The van der Waals surface area contributed by atoms with Gasteiger partial charge in [0.05, 0.1) is 6.17 Å². The van der Waals surface area contributed by atoms with Gasteiger partial charge in [-0.05, 0) is 32.4 Å². The van der Waals surface area contributed by atoms with Crippen LogP contribution in [0.3, 0.4) is 0 Å². The van der Waals surface area contributed by atoms with Crippen LogP contribution in [0.15, 0.2) is 12.2 Å². The molecule has 0 aromatic rings. The van der Waals surface area contributed by atoms with Crippen LogP contribution in [0.4, 0.5) is 0 Å². The summed E-state index contributed by atoms with van der Waals surface area (Å²) in [6.45, 7) is 8.31. The molecule has 3 nitrogen and oxygen atoms in total. The molecule has 0 amide bonds. The molecule has 14 heavy (non-hydrogen) atoms. The van der Waals surface area contributed by atoms with Gasteiger partial charge in [-0.25, -0.2) is 0 Å². The fourth-order valence-corrected chi connectivity index (χ4v) is 2.55. The number of rotatable bonds is 3. The van der Waals surface area contributed by atoms with Crippen molar-refractivity contribution in [2.75, 3.05) is 20.1 Å². The van der Waals surface area contributed by atoms with Gasteiger partial charge >= 0.3 is 0 Å². The largest absolute Gasteiger partial charge is 0.329 e. The van der Waals surface area contributed by atoms with Gasteiger partial charge in [-0.1, -0.05) is 6.58 Å². The molecule has 2 unspecified atom stereocenters. The molecule has 2 rings (SSSR count). The minimum Gasteiger partial charge on any atom is -0.329 e. The molecule has 1 spiro atoms. The molecule has 80 valence electrons. The van der Waals surface area contributed by atoms with Crippen molar-refractivity contribution in [3.63, 3.8) is 0 Å². The van der Waals surface area contributed by atoms with Crippen molar-refractivity contribution in [1.29, 1.82) is 0 Å². The summed E-state index contributed by atoms with van der Waals surface area (Å²) in [5, 5.41) is 3.35. The Bertz CT molecular complexity index is 245. The Morgan fingerprint density at radius 2 is 2.36 bits per heavy atom. The molecule has 1 saturated heterocycles. The van der Waals surface area contributed by atoms with Crippen LogP contribution in [0.1, 0.15) is 19.8 Å². The summed E-state index contributed by atoms with van der Waals surface area (Å²) in [5.41, 5.74) is 7.54. The van der Waals surface area contributed by atoms with Crippen molar-refractivity contribution < 1.29 is 0 Å². The van der Waals surface area contributed by atoms with Crippen molar-refractivity contribution in [3.05, 3.63) is 12.2 Å². The van der Waals surface area contributed by atoms with Gasteiger partial charge in [-0.15, -0.1) is 0 Å². The third-order valence-electron chi connectivity index (χ3n) is 3.86. The van der Waals surface area contributed by atoms with E-state index in [2.05, 4.69) is 23.7 Å². The van der Waals surface area contributed by atoms with E-state index in [0.717, 1.165) is 13.1 Å². The molecule has 0 aromatic heterocycles. The molecule has 2 fully saturated rings. The molecule has 1 saturated carbocycles. The average Bonchev–Trinajstić information content (AvgIpc) is 2.91. The minimum absolute atomic E-state index is 0.344.